The summed E-state index contributed by atoms with van der Waals surface area (Å²) in [7, 11) is 0. The number of carbonyl (C=O) groups excluding carboxylic acids is 1. The molecule has 0 spiro atoms. The average Bonchev–Trinajstić information content (AvgIpc) is 2.49. The number of amides is 1. The molecule has 22 heavy (non-hydrogen) atoms. The second kappa shape index (κ2) is 8.41. The molecule has 1 aromatic carbocycles. The normalized spacial score (nSPS) is 22.2. The van der Waals surface area contributed by atoms with Gasteiger partial charge in [-0.05, 0) is 18.4 Å². The summed E-state index contributed by atoms with van der Waals surface area (Å²) in [5.74, 6) is -1.36. The zero-order valence-corrected chi connectivity index (χ0v) is 12.7. The lowest BCUT2D eigenvalue weighted by Gasteiger charge is -2.26. The Morgan fingerprint density at radius 3 is 2.45 bits per heavy atom. The van der Waals surface area contributed by atoms with Crippen molar-refractivity contribution in [3.63, 3.8) is 0 Å². The van der Waals surface area contributed by atoms with E-state index in [1.165, 1.54) is 0 Å². The van der Waals surface area contributed by atoms with Gasteiger partial charge in [-0.2, -0.15) is 0 Å². The zero-order valence-electron chi connectivity index (χ0n) is 12.7. The van der Waals surface area contributed by atoms with Gasteiger partial charge in [0.05, 0.1) is 5.92 Å². The quantitative estimate of drug-likeness (QED) is 0.894. The molecule has 0 bridgehead atoms. The first-order valence-electron chi connectivity index (χ1n) is 7.87. The van der Waals surface area contributed by atoms with Crippen LogP contribution in [-0.2, 0) is 16.1 Å². The van der Waals surface area contributed by atoms with Crippen molar-refractivity contribution in [2.75, 3.05) is 0 Å². The van der Waals surface area contributed by atoms with Gasteiger partial charge in [-0.1, -0.05) is 56.0 Å². The molecule has 1 amide bonds. The monoisotopic (exact) mass is 305 g/mol. The van der Waals surface area contributed by atoms with E-state index < -0.39 is 18.0 Å². The molecule has 0 aliphatic heterocycles. The van der Waals surface area contributed by atoms with E-state index in [0.29, 0.717) is 12.8 Å². The van der Waals surface area contributed by atoms with Crippen molar-refractivity contribution in [1.29, 1.82) is 0 Å². The Bertz CT molecular complexity index is 489. The number of benzene rings is 1. The summed E-state index contributed by atoms with van der Waals surface area (Å²) in [4.78, 5) is 23.3. The number of nitrogens with one attached hydrogen (secondary N) is 1. The van der Waals surface area contributed by atoms with Crippen LogP contribution in [0.4, 0.5) is 4.79 Å². The van der Waals surface area contributed by atoms with E-state index in [9.17, 15) is 14.7 Å². The van der Waals surface area contributed by atoms with Crippen molar-refractivity contribution in [3.8, 4) is 0 Å². The largest absolute Gasteiger partial charge is 0.481 e. The highest BCUT2D eigenvalue weighted by molar-refractivity contribution is 5.73. The predicted octanol–water partition coefficient (Wildman–Crippen LogP) is 3.34. The van der Waals surface area contributed by atoms with Gasteiger partial charge in [-0.15, -0.1) is 0 Å². The Hall–Kier alpha value is -2.04. The van der Waals surface area contributed by atoms with Crippen LogP contribution in [-0.4, -0.2) is 23.2 Å². The van der Waals surface area contributed by atoms with Gasteiger partial charge >= 0.3 is 12.1 Å². The minimum Gasteiger partial charge on any atom is -0.481 e. The van der Waals surface area contributed by atoms with Crippen molar-refractivity contribution >= 4 is 12.1 Å². The van der Waals surface area contributed by atoms with Crippen molar-refractivity contribution in [1.82, 2.24) is 5.32 Å². The van der Waals surface area contributed by atoms with Gasteiger partial charge < -0.3 is 15.2 Å². The van der Waals surface area contributed by atoms with Crippen molar-refractivity contribution in [2.45, 2.75) is 51.2 Å². The highest BCUT2D eigenvalue weighted by Gasteiger charge is 2.30. The number of carbonyl (C=O) groups is 2. The highest BCUT2D eigenvalue weighted by Crippen LogP contribution is 2.23. The molecule has 0 heterocycles. The second-order valence-corrected chi connectivity index (χ2v) is 5.75. The number of hydrogen-bond donors (Lipinski definition) is 2. The Morgan fingerprint density at radius 2 is 1.77 bits per heavy atom. The van der Waals surface area contributed by atoms with E-state index in [2.05, 4.69) is 5.32 Å². The highest BCUT2D eigenvalue weighted by atomic mass is 16.5. The fraction of sp³-hybridized carbons (Fsp3) is 0.529. The molecule has 0 radical (unpaired) electrons. The summed E-state index contributed by atoms with van der Waals surface area (Å²) in [6, 6.07) is 9.07. The molecule has 2 rings (SSSR count). The Balaban J connectivity index is 1.87. The van der Waals surface area contributed by atoms with Gasteiger partial charge in [-0.25, -0.2) is 4.79 Å². The van der Waals surface area contributed by atoms with E-state index >= 15 is 0 Å². The van der Waals surface area contributed by atoms with Gasteiger partial charge in [0.1, 0.15) is 6.61 Å². The van der Waals surface area contributed by atoms with E-state index in [-0.39, 0.29) is 12.6 Å². The molecule has 1 aliphatic rings. The molecular weight excluding hydrogens is 282 g/mol. The lowest BCUT2D eigenvalue weighted by molar-refractivity contribution is -0.143. The van der Waals surface area contributed by atoms with Crippen LogP contribution in [0.1, 0.15) is 44.1 Å². The van der Waals surface area contributed by atoms with Crippen LogP contribution < -0.4 is 5.32 Å². The number of aliphatic carboxylic acids is 1. The zero-order chi connectivity index (χ0) is 15.8. The molecule has 120 valence electrons. The van der Waals surface area contributed by atoms with Crippen molar-refractivity contribution in [2.24, 2.45) is 5.92 Å². The Morgan fingerprint density at radius 1 is 1.09 bits per heavy atom. The van der Waals surface area contributed by atoms with Crippen LogP contribution in [0.3, 0.4) is 0 Å². The fourth-order valence-corrected chi connectivity index (χ4v) is 2.87. The first-order valence-corrected chi connectivity index (χ1v) is 7.87. The number of ether oxygens (including phenoxy) is 1. The standard InChI is InChI=1S/C17H23NO4/c19-16(20)14-10-6-1-2-7-11-15(14)18-17(21)22-12-13-8-4-3-5-9-13/h3-5,8-9,14-15H,1-2,6-7,10-12H2,(H,18,21)(H,19,20). The number of alkyl carbamates (subject to hydrolysis) is 1. The summed E-state index contributed by atoms with van der Waals surface area (Å²) in [5, 5.41) is 12.1. The van der Waals surface area contributed by atoms with E-state index in [4.69, 9.17) is 4.74 Å². The second-order valence-electron chi connectivity index (χ2n) is 5.75. The lowest BCUT2D eigenvalue weighted by atomic mass is 9.87. The summed E-state index contributed by atoms with van der Waals surface area (Å²) >= 11 is 0. The molecule has 1 saturated carbocycles. The smallest absolute Gasteiger partial charge is 0.407 e. The molecule has 1 aliphatic carbocycles. The first kappa shape index (κ1) is 16.3. The third kappa shape index (κ3) is 5.06. The predicted molar refractivity (Wildman–Crippen MR) is 82.4 cm³/mol. The maximum atomic E-state index is 11.9. The van der Waals surface area contributed by atoms with Crippen LogP contribution in [0.15, 0.2) is 30.3 Å². The summed E-state index contributed by atoms with van der Waals surface area (Å²) in [6.07, 6.45) is 4.75. The molecule has 0 aromatic heterocycles. The summed E-state index contributed by atoms with van der Waals surface area (Å²) in [5.41, 5.74) is 0.908. The van der Waals surface area contributed by atoms with Gasteiger partial charge in [0, 0.05) is 6.04 Å². The third-order valence-corrected chi connectivity index (χ3v) is 4.10. The van der Waals surface area contributed by atoms with Crippen LogP contribution in [0.5, 0.6) is 0 Å². The molecule has 0 saturated heterocycles. The van der Waals surface area contributed by atoms with Crippen LogP contribution in [0.25, 0.3) is 0 Å². The molecule has 5 heteroatoms. The molecule has 2 atom stereocenters. The average molecular weight is 305 g/mol. The molecular formula is C17H23NO4. The molecule has 1 fully saturated rings. The maximum Gasteiger partial charge on any atom is 0.407 e. The topological polar surface area (TPSA) is 75.6 Å². The van der Waals surface area contributed by atoms with Crippen molar-refractivity contribution < 1.29 is 19.4 Å². The minimum atomic E-state index is -0.838. The SMILES string of the molecule is O=C(NC1CCCCCCC1C(=O)O)OCc1ccccc1. The van der Waals surface area contributed by atoms with Gasteiger partial charge in [0.25, 0.3) is 0 Å². The number of rotatable bonds is 4. The number of carboxylic acid groups (broad SMARTS) is 1. The Labute approximate surface area is 130 Å². The molecule has 1 aromatic rings. The van der Waals surface area contributed by atoms with Crippen LogP contribution >= 0.6 is 0 Å². The number of carboxylic acids is 1. The van der Waals surface area contributed by atoms with Gasteiger partial charge in [0.15, 0.2) is 0 Å². The number of hydrogen-bond acceptors (Lipinski definition) is 3. The summed E-state index contributed by atoms with van der Waals surface area (Å²) in [6.45, 7) is 0.192. The van der Waals surface area contributed by atoms with E-state index in [1.807, 2.05) is 30.3 Å². The fourth-order valence-electron chi connectivity index (χ4n) is 2.87. The third-order valence-electron chi connectivity index (χ3n) is 4.10. The maximum absolute atomic E-state index is 11.9. The molecule has 2 unspecified atom stereocenters. The van der Waals surface area contributed by atoms with Crippen LogP contribution in [0.2, 0.25) is 0 Å². The molecule has 2 N–H and O–H groups in total. The first-order chi connectivity index (χ1) is 10.7. The lowest BCUT2D eigenvalue weighted by Crippen LogP contribution is -2.44. The van der Waals surface area contributed by atoms with Gasteiger partial charge in [-0.3, -0.25) is 4.79 Å². The van der Waals surface area contributed by atoms with Crippen LogP contribution in [0, 0.1) is 5.92 Å². The summed E-state index contributed by atoms with van der Waals surface area (Å²) < 4.78 is 5.19. The minimum absolute atomic E-state index is 0.192. The molecule has 5 nitrogen and oxygen atoms in total. The van der Waals surface area contributed by atoms with Gasteiger partial charge in [0.2, 0.25) is 0 Å². The van der Waals surface area contributed by atoms with E-state index in [0.717, 1.165) is 31.2 Å². The Kier molecular flexibility index (Phi) is 6.25. The van der Waals surface area contributed by atoms with E-state index in [1.54, 1.807) is 0 Å². The van der Waals surface area contributed by atoms with Crippen molar-refractivity contribution in [3.05, 3.63) is 35.9 Å².